The summed E-state index contributed by atoms with van der Waals surface area (Å²) in [7, 11) is -3.64. The highest BCUT2D eigenvalue weighted by molar-refractivity contribution is 7.90. The molecule has 84 valence electrons. The van der Waals surface area contributed by atoms with Crippen molar-refractivity contribution in [3.63, 3.8) is 0 Å². The lowest BCUT2D eigenvalue weighted by atomic mass is 10.0. The lowest BCUT2D eigenvalue weighted by molar-refractivity contribution is -0.116. The van der Waals surface area contributed by atoms with Crippen LogP contribution in [0.3, 0.4) is 0 Å². The normalized spacial score (nSPS) is 24.0. The Bertz CT molecular complexity index is 560. The van der Waals surface area contributed by atoms with E-state index in [-0.39, 0.29) is 4.90 Å². The quantitative estimate of drug-likeness (QED) is 0.665. The second-order valence-electron chi connectivity index (χ2n) is 3.82. The van der Waals surface area contributed by atoms with E-state index >= 15 is 0 Å². The van der Waals surface area contributed by atoms with Gasteiger partial charge in [0.2, 0.25) is 0 Å². The first-order chi connectivity index (χ1) is 7.61. The lowest BCUT2D eigenvalue weighted by Gasteiger charge is -2.37. The first kappa shape index (κ1) is 9.80. The fourth-order valence-corrected chi connectivity index (χ4v) is 2.71. The molecule has 2 aliphatic rings. The van der Waals surface area contributed by atoms with Crippen molar-refractivity contribution < 1.29 is 17.9 Å². The standard InChI is InChI=1S/C10H9NO4S/c12-16(13)9-4-2-1-3-8(9)15-10(5-11-16)6-14-7-10/h1-5H,6-7H2. The van der Waals surface area contributed by atoms with Crippen molar-refractivity contribution in [1.82, 2.24) is 0 Å². The Morgan fingerprint density at radius 1 is 1.25 bits per heavy atom. The van der Waals surface area contributed by atoms with Crippen LogP contribution in [0.5, 0.6) is 5.75 Å². The summed E-state index contributed by atoms with van der Waals surface area (Å²) in [5.74, 6) is 0.336. The molecule has 1 aromatic carbocycles. The zero-order chi connectivity index (χ0) is 11.2. The average Bonchev–Trinajstić information content (AvgIpc) is 2.33. The van der Waals surface area contributed by atoms with Gasteiger partial charge in [0.05, 0.1) is 19.4 Å². The number of hydrogen-bond acceptors (Lipinski definition) is 4. The maximum atomic E-state index is 11.8. The minimum atomic E-state index is -3.64. The smallest absolute Gasteiger partial charge is 0.285 e. The van der Waals surface area contributed by atoms with E-state index in [1.807, 2.05) is 0 Å². The van der Waals surface area contributed by atoms with Crippen LogP contribution >= 0.6 is 0 Å². The number of sulfonamides is 1. The van der Waals surface area contributed by atoms with Crippen LogP contribution in [-0.4, -0.2) is 33.4 Å². The van der Waals surface area contributed by atoms with E-state index in [0.29, 0.717) is 19.0 Å². The molecule has 0 aromatic heterocycles. The topological polar surface area (TPSA) is 65.0 Å². The largest absolute Gasteiger partial charge is 0.475 e. The number of fused-ring (bicyclic) bond motifs is 1. The second kappa shape index (κ2) is 3.05. The third-order valence-electron chi connectivity index (χ3n) is 2.56. The summed E-state index contributed by atoms with van der Waals surface area (Å²) in [5, 5.41) is 0. The van der Waals surface area contributed by atoms with Crippen LogP contribution in [0.15, 0.2) is 33.6 Å². The van der Waals surface area contributed by atoms with Gasteiger partial charge in [-0.25, -0.2) is 0 Å². The number of nitrogens with zero attached hydrogens (tertiary/aromatic N) is 1. The SMILES string of the molecule is O=S1(=O)N=CC2(COC2)Oc2ccccc21. The van der Waals surface area contributed by atoms with Crippen molar-refractivity contribution >= 4 is 16.2 Å². The Morgan fingerprint density at radius 2 is 2.00 bits per heavy atom. The van der Waals surface area contributed by atoms with Gasteiger partial charge in [-0.3, -0.25) is 0 Å². The van der Waals surface area contributed by atoms with Crippen molar-refractivity contribution in [2.24, 2.45) is 4.40 Å². The minimum absolute atomic E-state index is 0.107. The first-order valence-electron chi connectivity index (χ1n) is 4.79. The second-order valence-corrected chi connectivity index (χ2v) is 5.42. The van der Waals surface area contributed by atoms with Crippen LogP contribution < -0.4 is 4.74 Å². The third kappa shape index (κ3) is 1.34. The first-order valence-corrected chi connectivity index (χ1v) is 6.23. The molecule has 0 radical (unpaired) electrons. The molecule has 0 amide bonds. The maximum Gasteiger partial charge on any atom is 0.285 e. The molecule has 1 saturated heterocycles. The number of rotatable bonds is 0. The molecule has 5 nitrogen and oxygen atoms in total. The Balaban J connectivity index is 2.20. The third-order valence-corrected chi connectivity index (χ3v) is 3.84. The molecule has 1 aromatic rings. The van der Waals surface area contributed by atoms with E-state index in [1.165, 1.54) is 12.3 Å². The van der Waals surface area contributed by atoms with E-state index in [2.05, 4.69) is 4.40 Å². The molecule has 0 unspecified atom stereocenters. The average molecular weight is 239 g/mol. The lowest BCUT2D eigenvalue weighted by Crippen LogP contribution is -2.55. The monoisotopic (exact) mass is 239 g/mol. The summed E-state index contributed by atoms with van der Waals surface area (Å²) in [6, 6.07) is 6.49. The predicted molar refractivity (Wildman–Crippen MR) is 56.3 cm³/mol. The summed E-state index contributed by atoms with van der Waals surface area (Å²) >= 11 is 0. The van der Waals surface area contributed by atoms with Crippen molar-refractivity contribution in [3.05, 3.63) is 24.3 Å². The molecule has 1 spiro atoms. The van der Waals surface area contributed by atoms with E-state index < -0.39 is 15.6 Å². The molecule has 0 atom stereocenters. The summed E-state index contributed by atoms with van der Waals surface area (Å²) in [6.45, 7) is 0.667. The summed E-state index contributed by atoms with van der Waals surface area (Å²) in [6.07, 6.45) is 1.33. The molecule has 0 aliphatic carbocycles. The zero-order valence-corrected chi connectivity index (χ0v) is 9.11. The van der Waals surface area contributed by atoms with Gasteiger partial charge in [0, 0.05) is 0 Å². The highest BCUT2D eigenvalue weighted by Crippen LogP contribution is 2.33. The molecule has 2 aliphatic heterocycles. The van der Waals surface area contributed by atoms with Crippen molar-refractivity contribution in [1.29, 1.82) is 0 Å². The van der Waals surface area contributed by atoms with Gasteiger partial charge >= 0.3 is 0 Å². The van der Waals surface area contributed by atoms with Crippen LogP contribution in [-0.2, 0) is 14.8 Å². The molecule has 6 heteroatoms. The van der Waals surface area contributed by atoms with Crippen LogP contribution in [0, 0.1) is 0 Å². The highest BCUT2D eigenvalue weighted by Gasteiger charge is 2.43. The number of hydrogen-bond donors (Lipinski definition) is 0. The molecule has 16 heavy (non-hydrogen) atoms. The van der Waals surface area contributed by atoms with E-state index in [1.54, 1.807) is 18.2 Å². The van der Waals surface area contributed by atoms with Gasteiger partial charge in [-0.05, 0) is 12.1 Å². The van der Waals surface area contributed by atoms with Crippen molar-refractivity contribution in [2.45, 2.75) is 10.5 Å². The molecule has 0 bridgehead atoms. The van der Waals surface area contributed by atoms with Gasteiger partial charge in [0.25, 0.3) is 10.0 Å². The number of ether oxygens (including phenoxy) is 2. The van der Waals surface area contributed by atoms with Crippen LogP contribution in [0.1, 0.15) is 0 Å². The van der Waals surface area contributed by atoms with Gasteiger partial charge < -0.3 is 9.47 Å². The summed E-state index contributed by atoms with van der Waals surface area (Å²) in [4.78, 5) is 0.107. The van der Waals surface area contributed by atoms with Gasteiger partial charge in [-0.1, -0.05) is 12.1 Å². The minimum Gasteiger partial charge on any atom is -0.475 e. The van der Waals surface area contributed by atoms with Crippen LogP contribution in [0.25, 0.3) is 0 Å². The Kier molecular flexibility index (Phi) is 1.87. The van der Waals surface area contributed by atoms with Gasteiger partial charge in [0.15, 0.2) is 5.60 Å². The highest BCUT2D eigenvalue weighted by atomic mass is 32.2. The Labute approximate surface area is 92.8 Å². The molecular weight excluding hydrogens is 230 g/mol. The summed E-state index contributed by atoms with van der Waals surface area (Å²) < 4.78 is 37.9. The zero-order valence-electron chi connectivity index (χ0n) is 8.29. The fraction of sp³-hybridized carbons (Fsp3) is 0.300. The number of benzene rings is 1. The summed E-state index contributed by atoms with van der Waals surface area (Å²) in [5.41, 5.74) is -0.709. The fourth-order valence-electron chi connectivity index (χ4n) is 1.65. The predicted octanol–water partition coefficient (Wildman–Crippen LogP) is 0.607. The van der Waals surface area contributed by atoms with E-state index in [9.17, 15) is 8.42 Å². The van der Waals surface area contributed by atoms with Gasteiger partial charge in [-0.15, -0.1) is 0 Å². The van der Waals surface area contributed by atoms with Crippen molar-refractivity contribution in [2.75, 3.05) is 13.2 Å². The molecule has 1 fully saturated rings. The van der Waals surface area contributed by atoms with Crippen LogP contribution in [0.2, 0.25) is 0 Å². The van der Waals surface area contributed by atoms with Gasteiger partial charge in [0.1, 0.15) is 10.6 Å². The van der Waals surface area contributed by atoms with Gasteiger partial charge in [-0.2, -0.15) is 12.8 Å². The maximum absolute atomic E-state index is 11.8. The Morgan fingerprint density at radius 3 is 2.69 bits per heavy atom. The molecule has 0 N–H and O–H groups in total. The number of para-hydroxylation sites is 1. The Hall–Kier alpha value is -1.40. The van der Waals surface area contributed by atoms with Crippen molar-refractivity contribution in [3.8, 4) is 5.75 Å². The van der Waals surface area contributed by atoms with Crippen LogP contribution in [0.4, 0.5) is 0 Å². The van der Waals surface area contributed by atoms with E-state index in [0.717, 1.165) is 0 Å². The molecular formula is C10H9NO4S. The molecule has 0 saturated carbocycles. The molecule has 2 heterocycles. The van der Waals surface area contributed by atoms with E-state index in [4.69, 9.17) is 9.47 Å². The molecule has 3 rings (SSSR count).